The maximum atomic E-state index is 6.01. The fraction of sp³-hybridized carbons (Fsp3) is 0.462. The second-order valence-corrected chi connectivity index (χ2v) is 5.90. The summed E-state index contributed by atoms with van der Waals surface area (Å²) in [7, 11) is 0. The quantitative estimate of drug-likeness (QED) is 0.905. The molecule has 2 N–H and O–H groups in total. The van der Waals surface area contributed by atoms with E-state index < -0.39 is 0 Å². The third kappa shape index (κ3) is 2.74. The Kier molecular flexibility index (Phi) is 3.44. The molecule has 3 heterocycles. The molecule has 1 unspecified atom stereocenters. The van der Waals surface area contributed by atoms with Crippen molar-refractivity contribution in [2.24, 2.45) is 5.73 Å². The van der Waals surface area contributed by atoms with Crippen molar-refractivity contribution in [2.45, 2.75) is 25.8 Å². The fourth-order valence-electron chi connectivity index (χ4n) is 2.32. The molecule has 3 rings (SSSR count). The molecule has 1 saturated heterocycles. The van der Waals surface area contributed by atoms with Crippen LogP contribution in [0.25, 0.3) is 11.4 Å². The van der Waals surface area contributed by atoms with Crippen LogP contribution in [-0.4, -0.2) is 34.1 Å². The van der Waals surface area contributed by atoms with Crippen LogP contribution in [0.15, 0.2) is 17.6 Å². The molecular formula is C13H17N5S. The Morgan fingerprint density at radius 3 is 3.00 bits per heavy atom. The van der Waals surface area contributed by atoms with E-state index in [4.69, 9.17) is 5.73 Å². The fourth-order valence-corrected chi connectivity index (χ4v) is 2.92. The van der Waals surface area contributed by atoms with E-state index >= 15 is 0 Å². The van der Waals surface area contributed by atoms with E-state index in [1.165, 1.54) is 0 Å². The van der Waals surface area contributed by atoms with Gasteiger partial charge in [0.25, 0.3) is 0 Å². The van der Waals surface area contributed by atoms with Gasteiger partial charge >= 0.3 is 0 Å². The molecule has 1 aliphatic heterocycles. The van der Waals surface area contributed by atoms with Gasteiger partial charge in [-0.3, -0.25) is 0 Å². The number of aromatic nitrogens is 3. The molecule has 1 fully saturated rings. The summed E-state index contributed by atoms with van der Waals surface area (Å²) in [4.78, 5) is 15.6. The highest BCUT2D eigenvalue weighted by Crippen LogP contribution is 2.22. The molecule has 2 aromatic heterocycles. The van der Waals surface area contributed by atoms with Gasteiger partial charge in [0, 0.05) is 30.7 Å². The maximum absolute atomic E-state index is 6.01. The zero-order chi connectivity index (χ0) is 13.2. The summed E-state index contributed by atoms with van der Waals surface area (Å²) >= 11 is 1.64. The summed E-state index contributed by atoms with van der Waals surface area (Å²) < 4.78 is 0. The molecule has 0 radical (unpaired) electrons. The van der Waals surface area contributed by atoms with E-state index in [0.29, 0.717) is 0 Å². The van der Waals surface area contributed by atoms with Crippen LogP contribution in [0.2, 0.25) is 0 Å². The summed E-state index contributed by atoms with van der Waals surface area (Å²) in [5.74, 6) is 0.762. The van der Waals surface area contributed by atoms with Gasteiger partial charge < -0.3 is 10.6 Å². The van der Waals surface area contributed by atoms with E-state index in [0.717, 1.165) is 48.3 Å². The minimum Gasteiger partial charge on any atom is -0.339 e. The highest BCUT2D eigenvalue weighted by molar-refractivity contribution is 7.09. The zero-order valence-corrected chi connectivity index (χ0v) is 11.7. The SMILES string of the molecule is Cc1nc(-c2ccnc(N3CCCC(N)C3)n2)cs1. The first-order valence-corrected chi connectivity index (χ1v) is 7.36. The Morgan fingerprint density at radius 2 is 2.26 bits per heavy atom. The predicted octanol–water partition coefficient (Wildman–Crippen LogP) is 1.84. The van der Waals surface area contributed by atoms with Crippen LogP contribution in [0.3, 0.4) is 0 Å². The first-order valence-electron chi connectivity index (χ1n) is 6.48. The van der Waals surface area contributed by atoms with Gasteiger partial charge in [-0.05, 0) is 25.8 Å². The number of hydrogen-bond acceptors (Lipinski definition) is 6. The lowest BCUT2D eigenvalue weighted by Crippen LogP contribution is -2.43. The van der Waals surface area contributed by atoms with E-state index in [1.54, 1.807) is 17.5 Å². The molecule has 0 bridgehead atoms. The zero-order valence-electron chi connectivity index (χ0n) is 10.9. The number of anilines is 1. The summed E-state index contributed by atoms with van der Waals surface area (Å²) in [6, 6.07) is 2.13. The van der Waals surface area contributed by atoms with Crippen LogP contribution < -0.4 is 10.6 Å². The van der Waals surface area contributed by atoms with Gasteiger partial charge in [0.15, 0.2) is 0 Å². The molecule has 5 nitrogen and oxygen atoms in total. The molecule has 1 aliphatic rings. The smallest absolute Gasteiger partial charge is 0.225 e. The number of nitrogens with zero attached hydrogens (tertiary/aromatic N) is 4. The van der Waals surface area contributed by atoms with Crippen molar-refractivity contribution >= 4 is 17.3 Å². The van der Waals surface area contributed by atoms with Crippen LogP contribution in [0.5, 0.6) is 0 Å². The number of rotatable bonds is 2. The highest BCUT2D eigenvalue weighted by Gasteiger charge is 2.19. The molecule has 0 aromatic carbocycles. The van der Waals surface area contributed by atoms with Crippen LogP contribution in [0.1, 0.15) is 17.8 Å². The minimum atomic E-state index is 0.225. The van der Waals surface area contributed by atoms with Gasteiger partial charge in [-0.25, -0.2) is 15.0 Å². The average molecular weight is 275 g/mol. The predicted molar refractivity (Wildman–Crippen MR) is 77.3 cm³/mol. The second-order valence-electron chi connectivity index (χ2n) is 4.84. The van der Waals surface area contributed by atoms with Gasteiger partial charge in [0.1, 0.15) is 5.69 Å². The Balaban J connectivity index is 1.87. The number of nitrogens with two attached hydrogens (primary N) is 1. The van der Waals surface area contributed by atoms with Crippen LogP contribution in [0, 0.1) is 6.92 Å². The van der Waals surface area contributed by atoms with Crippen LogP contribution >= 0.6 is 11.3 Å². The maximum Gasteiger partial charge on any atom is 0.225 e. The minimum absolute atomic E-state index is 0.225. The highest BCUT2D eigenvalue weighted by atomic mass is 32.1. The molecule has 6 heteroatoms. The van der Waals surface area contributed by atoms with E-state index in [2.05, 4.69) is 19.9 Å². The topological polar surface area (TPSA) is 67.9 Å². The normalized spacial score (nSPS) is 19.7. The van der Waals surface area contributed by atoms with Gasteiger partial charge in [0.2, 0.25) is 5.95 Å². The third-order valence-electron chi connectivity index (χ3n) is 3.26. The molecule has 100 valence electrons. The number of thiazole rings is 1. The Bertz CT molecular complexity index is 568. The van der Waals surface area contributed by atoms with Crippen molar-refractivity contribution in [3.63, 3.8) is 0 Å². The summed E-state index contributed by atoms with van der Waals surface area (Å²) in [6.07, 6.45) is 3.98. The largest absolute Gasteiger partial charge is 0.339 e. The molecule has 0 amide bonds. The van der Waals surface area contributed by atoms with Crippen molar-refractivity contribution in [3.8, 4) is 11.4 Å². The lowest BCUT2D eigenvalue weighted by Gasteiger charge is -2.30. The monoisotopic (exact) mass is 275 g/mol. The molecule has 19 heavy (non-hydrogen) atoms. The summed E-state index contributed by atoms with van der Waals surface area (Å²) in [5, 5.41) is 3.08. The Hall–Kier alpha value is -1.53. The van der Waals surface area contributed by atoms with E-state index in [-0.39, 0.29) is 6.04 Å². The van der Waals surface area contributed by atoms with Gasteiger partial charge in [-0.1, -0.05) is 0 Å². The van der Waals surface area contributed by atoms with Crippen molar-refractivity contribution < 1.29 is 0 Å². The summed E-state index contributed by atoms with van der Waals surface area (Å²) in [5.41, 5.74) is 7.81. The standard InChI is InChI=1S/C13H17N5S/c1-9-16-12(8-19-9)11-4-5-15-13(17-11)18-6-2-3-10(14)7-18/h4-5,8,10H,2-3,6-7,14H2,1H3. The molecule has 2 aromatic rings. The lowest BCUT2D eigenvalue weighted by molar-refractivity contribution is 0.500. The Morgan fingerprint density at radius 1 is 1.37 bits per heavy atom. The van der Waals surface area contributed by atoms with Crippen molar-refractivity contribution in [3.05, 3.63) is 22.7 Å². The lowest BCUT2D eigenvalue weighted by atomic mass is 10.1. The molecule has 1 atom stereocenters. The third-order valence-corrected chi connectivity index (χ3v) is 4.04. The van der Waals surface area contributed by atoms with Crippen molar-refractivity contribution in [1.29, 1.82) is 0 Å². The van der Waals surface area contributed by atoms with Crippen LogP contribution in [-0.2, 0) is 0 Å². The van der Waals surface area contributed by atoms with Crippen molar-refractivity contribution in [1.82, 2.24) is 15.0 Å². The van der Waals surface area contributed by atoms with Crippen molar-refractivity contribution in [2.75, 3.05) is 18.0 Å². The number of hydrogen-bond donors (Lipinski definition) is 1. The van der Waals surface area contributed by atoms with Gasteiger partial charge in [-0.2, -0.15) is 0 Å². The molecule has 0 saturated carbocycles. The molecular weight excluding hydrogens is 258 g/mol. The average Bonchev–Trinajstić information content (AvgIpc) is 2.86. The number of piperidine rings is 1. The Labute approximate surface area is 116 Å². The van der Waals surface area contributed by atoms with Gasteiger partial charge in [-0.15, -0.1) is 11.3 Å². The van der Waals surface area contributed by atoms with E-state index in [9.17, 15) is 0 Å². The first kappa shape index (κ1) is 12.5. The second kappa shape index (κ2) is 5.22. The van der Waals surface area contributed by atoms with E-state index in [1.807, 2.05) is 18.4 Å². The van der Waals surface area contributed by atoms with Gasteiger partial charge in [0.05, 0.1) is 10.7 Å². The summed E-state index contributed by atoms with van der Waals surface area (Å²) in [6.45, 7) is 3.81. The first-order chi connectivity index (χ1) is 9.22. The van der Waals surface area contributed by atoms with Crippen LogP contribution in [0.4, 0.5) is 5.95 Å². The molecule has 0 aliphatic carbocycles. The molecule has 0 spiro atoms. The number of aryl methyl sites for hydroxylation is 1.